The zero-order valence-electron chi connectivity index (χ0n) is 12.3. The minimum atomic E-state index is 0.630. The van der Waals surface area contributed by atoms with Crippen molar-refractivity contribution in [1.29, 1.82) is 0 Å². The highest BCUT2D eigenvalue weighted by molar-refractivity contribution is 6.05. The Morgan fingerprint density at radius 1 is 0.826 bits per heavy atom. The summed E-state index contributed by atoms with van der Waals surface area (Å²) in [6.07, 6.45) is 4.36. The van der Waals surface area contributed by atoms with Crippen molar-refractivity contribution in [3.63, 3.8) is 0 Å². The van der Waals surface area contributed by atoms with Gasteiger partial charge in [-0.25, -0.2) is 4.98 Å². The number of fused-ring (bicyclic) bond motifs is 1. The minimum absolute atomic E-state index is 0.630. The van der Waals surface area contributed by atoms with Gasteiger partial charge in [0, 0.05) is 23.3 Å². The molecule has 0 fully saturated rings. The molecular weight excluding hydrogens is 286 g/mol. The fourth-order valence-electron chi connectivity index (χ4n) is 2.86. The number of carbonyl (C=O) groups excluding carboxylic acids is 1. The lowest BCUT2D eigenvalue weighted by atomic mass is 10.1. The van der Waals surface area contributed by atoms with Crippen LogP contribution in [0.1, 0.15) is 10.4 Å². The fraction of sp³-hybridized carbons (Fsp3) is 0. The Balaban J connectivity index is 2.17. The highest BCUT2D eigenvalue weighted by Gasteiger charge is 2.20. The largest absolute Gasteiger partial charge is 0.298 e. The van der Waals surface area contributed by atoms with Crippen LogP contribution in [0.15, 0.2) is 73.1 Å². The molecular formula is C19H13N3O. The van der Waals surface area contributed by atoms with Crippen molar-refractivity contribution in [3.8, 4) is 17.2 Å². The van der Waals surface area contributed by atoms with Crippen LogP contribution >= 0.6 is 0 Å². The summed E-state index contributed by atoms with van der Waals surface area (Å²) in [5, 5.41) is 0.897. The quantitative estimate of drug-likeness (QED) is 0.539. The second-order valence-electron chi connectivity index (χ2n) is 5.14. The van der Waals surface area contributed by atoms with Gasteiger partial charge in [-0.15, -0.1) is 0 Å². The standard InChI is InChI=1S/C19H13N3O/c23-13-15-14-7-1-2-9-17(14)22(18-10-4-6-12-21-18)19(15)16-8-3-5-11-20-16/h1-13H. The van der Waals surface area contributed by atoms with Crippen LogP contribution in [0.2, 0.25) is 0 Å². The number of aromatic nitrogens is 3. The summed E-state index contributed by atoms with van der Waals surface area (Å²) in [6.45, 7) is 0. The number of rotatable bonds is 3. The van der Waals surface area contributed by atoms with Gasteiger partial charge in [0.1, 0.15) is 5.82 Å². The highest BCUT2D eigenvalue weighted by atomic mass is 16.1. The van der Waals surface area contributed by atoms with Crippen LogP contribution in [0.4, 0.5) is 0 Å². The Morgan fingerprint density at radius 3 is 2.26 bits per heavy atom. The summed E-state index contributed by atoms with van der Waals surface area (Å²) < 4.78 is 1.99. The Bertz CT molecular complexity index is 976. The van der Waals surface area contributed by atoms with Crippen LogP contribution in [0.25, 0.3) is 28.1 Å². The molecule has 0 amide bonds. The maximum absolute atomic E-state index is 11.8. The first kappa shape index (κ1) is 13.4. The van der Waals surface area contributed by atoms with Crippen molar-refractivity contribution in [2.24, 2.45) is 0 Å². The van der Waals surface area contributed by atoms with Crippen molar-refractivity contribution >= 4 is 17.2 Å². The molecule has 110 valence electrons. The predicted octanol–water partition coefficient (Wildman–Crippen LogP) is 3.90. The topological polar surface area (TPSA) is 47.8 Å². The molecule has 0 saturated carbocycles. The van der Waals surface area contributed by atoms with E-state index in [1.165, 1.54) is 0 Å². The number of carbonyl (C=O) groups is 1. The zero-order valence-corrected chi connectivity index (χ0v) is 12.3. The monoisotopic (exact) mass is 299 g/mol. The summed E-state index contributed by atoms with van der Waals surface area (Å²) >= 11 is 0. The number of hydrogen-bond acceptors (Lipinski definition) is 3. The van der Waals surface area contributed by atoms with Crippen LogP contribution in [-0.4, -0.2) is 20.8 Å². The SMILES string of the molecule is O=Cc1c(-c2ccccn2)n(-c2ccccn2)c2ccccc12. The third-order valence-corrected chi connectivity index (χ3v) is 3.82. The molecule has 3 aromatic heterocycles. The number of nitrogens with zero attached hydrogens (tertiary/aromatic N) is 3. The molecule has 3 heterocycles. The van der Waals surface area contributed by atoms with Gasteiger partial charge in [-0.1, -0.05) is 30.3 Å². The number of hydrogen-bond donors (Lipinski definition) is 0. The van der Waals surface area contributed by atoms with E-state index < -0.39 is 0 Å². The molecule has 0 N–H and O–H groups in total. The van der Waals surface area contributed by atoms with E-state index in [4.69, 9.17) is 0 Å². The molecule has 4 heteroatoms. The fourth-order valence-corrected chi connectivity index (χ4v) is 2.86. The van der Waals surface area contributed by atoms with Crippen LogP contribution in [0.5, 0.6) is 0 Å². The molecule has 0 saturated heterocycles. The van der Waals surface area contributed by atoms with E-state index in [0.717, 1.165) is 34.4 Å². The Kier molecular flexibility index (Phi) is 3.20. The van der Waals surface area contributed by atoms with E-state index in [2.05, 4.69) is 9.97 Å². The molecule has 1 aromatic carbocycles. The maximum Gasteiger partial charge on any atom is 0.152 e. The first-order valence-electron chi connectivity index (χ1n) is 7.31. The molecule has 23 heavy (non-hydrogen) atoms. The van der Waals surface area contributed by atoms with E-state index in [1.54, 1.807) is 12.4 Å². The summed E-state index contributed by atoms with van der Waals surface area (Å²) in [7, 11) is 0. The lowest BCUT2D eigenvalue weighted by Crippen LogP contribution is -2.01. The van der Waals surface area contributed by atoms with Gasteiger partial charge in [0.15, 0.2) is 6.29 Å². The average molecular weight is 299 g/mol. The average Bonchev–Trinajstić information content (AvgIpc) is 2.97. The Labute approximate surface area is 133 Å². The molecule has 0 radical (unpaired) electrons. The molecule has 4 rings (SSSR count). The van der Waals surface area contributed by atoms with Crippen LogP contribution in [0, 0.1) is 0 Å². The third-order valence-electron chi connectivity index (χ3n) is 3.82. The van der Waals surface area contributed by atoms with Crippen LogP contribution < -0.4 is 0 Å². The van der Waals surface area contributed by atoms with Gasteiger partial charge >= 0.3 is 0 Å². The van der Waals surface area contributed by atoms with E-state index in [9.17, 15) is 4.79 Å². The van der Waals surface area contributed by atoms with Gasteiger partial charge in [0.25, 0.3) is 0 Å². The van der Waals surface area contributed by atoms with Crippen LogP contribution in [0.3, 0.4) is 0 Å². The first-order valence-corrected chi connectivity index (χ1v) is 7.31. The maximum atomic E-state index is 11.8. The van der Waals surface area contributed by atoms with Crippen molar-refractivity contribution in [3.05, 3.63) is 78.6 Å². The molecule has 4 nitrogen and oxygen atoms in total. The number of para-hydroxylation sites is 1. The molecule has 0 aliphatic rings. The van der Waals surface area contributed by atoms with Crippen molar-refractivity contribution < 1.29 is 4.79 Å². The molecule has 0 aliphatic heterocycles. The van der Waals surface area contributed by atoms with Gasteiger partial charge in [-0.05, 0) is 30.3 Å². The Morgan fingerprint density at radius 2 is 1.57 bits per heavy atom. The van der Waals surface area contributed by atoms with Crippen LogP contribution in [-0.2, 0) is 0 Å². The smallest absolute Gasteiger partial charge is 0.152 e. The number of pyridine rings is 2. The van der Waals surface area contributed by atoms with Crippen molar-refractivity contribution in [2.45, 2.75) is 0 Å². The summed E-state index contributed by atoms with van der Waals surface area (Å²) in [5.41, 5.74) is 3.08. The highest BCUT2D eigenvalue weighted by Crippen LogP contribution is 2.33. The molecule has 0 bridgehead atoms. The van der Waals surface area contributed by atoms with Gasteiger partial charge < -0.3 is 0 Å². The van der Waals surface area contributed by atoms with E-state index in [0.29, 0.717) is 5.56 Å². The van der Waals surface area contributed by atoms with Gasteiger partial charge in [-0.2, -0.15) is 0 Å². The minimum Gasteiger partial charge on any atom is -0.298 e. The molecule has 4 aromatic rings. The molecule has 0 atom stereocenters. The normalized spacial score (nSPS) is 10.8. The zero-order chi connectivity index (χ0) is 15.6. The molecule has 0 spiro atoms. The van der Waals surface area contributed by atoms with Crippen molar-refractivity contribution in [2.75, 3.05) is 0 Å². The summed E-state index contributed by atoms with van der Waals surface area (Å²) in [5.74, 6) is 0.762. The number of aldehydes is 1. The van der Waals surface area contributed by atoms with E-state index in [1.807, 2.05) is 65.2 Å². The lowest BCUT2D eigenvalue weighted by Gasteiger charge is -2.09. The first-order chi connectivity index (χ1) is 11.4. The third kappa shape index (κ3) is 2.12. The predicted molar refractivity (Wildman–Crippen MR) is 89.7 cm³/mol. The van der Waals surface area contributed by atoms with E-state index in [-0.39, 0.29) is 0 Å². The van der Waals surface area contributed by atoms with Gasteiger partial charge in [0.05, 0.1) is 16.9 Å². The Hall–Kier alpha value is -3.27. The molecule has 0 aliphatic carbocycles. The number of benzene rings is 1. The second kappa shape index (κ2) is 5.50. The second-order valence-corrected chi connectivity index (χ2v) is 5.14. The van der Waals surface area contributed by atoms with Gasteiger partial charge in [-0.3, -0.25) is 14.3 Å². The summed E-state index contributed by atoms with van der Waals surface area (Å²) in [6, 6.07) is 19.2. The summed E-state index contributed by atoms with van der Waals surface area (Å²) in [4.78, 5) is 20.7. The molecule has 0 unspecified atom stereocenters. The lowest BCUT2D eigenvalue weighted by molar-refractivity contribution is 0.112. The van der Waals surface area contributed by atoms with E-state index >= 15 is 0 Å². The van der Waals surface area contributed by atoms with Crippen molar-refractivity contribution in [1.82, 2.24) is 14.5 Å². The van der Waals surface area contributed by atoms with Gasteiger partial charge in [0.2, 0.25) is 0 Å².